The van der Waals surface area contributed by atoms with Crippen LogP contribution in [0.5, 0.6) is 0 Å². The van der Waals surface area contributed by atoms with Crippen LogP contribution in [-0.4, -0.2) is 22.8 Å². The highest BCUT2D eigenvalue weighted by Crippen LogP contribution is 2.02. The number of ether oxygens (including phenoxy) is 1. The Labute approximate surface area is 91.9 Å². The van der Waals surface area contributed by atoms with Crippen molar-refractivity contribution in [1.82, 2.24) is 9.55 Å². The zero-order chi connectivity index (χ0) is 12.1. The molecule has 0 saturated carbocycles. The molecule has 0 radical (unpaired) electrons. The number of aromatic nitrogens is 2. The van der Waals surface area contributed by atoms with Gasteiger partial charge < -0.3 is 4.74 Å². The van der Waals surface area contributed by atoms with E-state index in [0.29, 0.717) is 13.0 Å². The molecule has 90 valence electrons. The third-order valence-corrected chi connectivity index (χ3v) is 2.45. The van der Waals surface area contributed by atoms with Crippen LogP contribution >= 0.6 is 0 Å². The van der Waals surface area contributed by atoms with E-state index in [4.69, 9.17) is 4.74 Å². The van der Waals surface area contributed by atoms with Crippen molar-refractivity contribution in [2.75, 3.05) is 7.11 Å². The summed E-state index contributed by atoms with van der Waals surface area (Å²) < 4.78 is 19.2. The molecule has 0 saturated heterocycles. The smallest absolute Gasteiger partial charge is 0.328 e. The summed E-state index contributed by atoms with van der Waals surface area (Å²) in [5, 5.41) is 0. The highest BCUT2D eigenvalue weighted by molar-refractivity contribution is 4.87. The molecule has 1 aromatic heterocycles. The predicted octanol–water partition coefficient (Wildman–Crippen LogP) is 0.491. The second-order valence-electron chi connectivity index (χ2n) is 3.48. The van der Waals surface area contributed by atoms with Crippen LogP contribution in [-0.2, 0) is 11.3 Å². The number of nitrogens with zero attached hydrogens (tertiary/aromatic N) is 1. The average Bonchev–Trinajstić information content (AvgIpc) is 2.26. The molecule has 5 nitrogen and oxygen atoms in total. The van der Waals surface area contributed by atoms with Gasteiger partial charge >= 0.3 is 5.69 Å². The van der Waals surface area contributed by atoms with E-state index < -0.39 is 17.1 Å². The molecule has 1 N–H and O–H groups in total. The van der Waals surface area contributed by atoms with Crippen LogP contribution in [0.1, 0.15) is 19.8 Å². The van der Waals surface area contributed by atoms with Gasteiger partial charge in [-0.1, -0.05) is 6.92 Å². The van der Waals surface area contributed by atoms with Gasteiger partial charge in [0.1, 0.15) is 0 Å². The van der Waals surface area contributed by atoms with Crippen molar-refractivity contribution < 1.29 is 9.13 Å². The zero-order valence-corrected chi connectivity index (χ0v) is 9.33. The molecule has 0 spiro atoms. The minimum Gasteiger partial charge on any atom is -0.381 e. The first kappa shape index (κ1) is 12.6. The molecule has 1 atom stereocenters. The van der Waals surface area contributed by atoms with E-state index >= 15 is 0 Å². The lowest BCUT2D eigenvalue weighted by atomic mass is 10.2. The van der Waals surface area contributed by atoms with Gasteiger partial charge in [-0.15, -0.1) is 0 Å². The highest BCUT2D eigenvalue weighted by Gasteiger charge is 2.07. The van der Waals surface area contributed by atoms with Gasteiger partial charge in [0, 0.05) is 13.7 Å². The van der Waals surface area contributed by atoms with Crippen molar-refractivity contribution in [2.45, 2.75) is 32.4 Å². The number of hydrogen-bond acceptors (Lipinski definition) is 3. The Morgan fingerprint density at radius 2 is 2.25 bits per heavy atom. The fourth-order valence-corrected chi connectivity index (χ4v) is 1.42. The summed E-state index contributed by atoms with van der Waals surface area (Å²) in [6, 6.07) is 0. The third-order valence-electron chi connectivity index (χ3n) is 2.45. The molecule has 0 aromatic carbocycles. The molecule has 0 bridgehead atoms. The largest absolute Gasteiger partial charge is 0.381 e. The topological polar surface area (TPSA) is 64.1 Å². The summed E-state index contributed by atoms with van der Waals surface area (Å²) in [7, 11) is 1.59. The molecule has 0 aliphatic rings. The fourth-order valence-electron chi connectivity index (χ4n) is 1.42. The lowest BCUT2D eigenvalue weighted by Gasteiger charge is -2.13. The summed E-state index contributed by atoms with van der Waals surface area (Å²) in [5.74, 6) is -0.954. The average molecular weight is 230 g/mol. The van der Waals surface area contributed by atoms with Crippen LogP contribution in [0.4, 0.5) is 4.39 Å². The van der Waals surface area contributed by atoms with E-state index in [2.05, 4.69) is 0 Å². The zero-order valence-electron chi connectivity index (χ0n) is 9.33. The summed E-state index contributed by atoms with van der Waals surface area (Å²) in [6.45, 7) is 2.28. The first-order chi connectivity index (χ1) is 7.58. The van der Waals surface area contributed by atoms with Crippen LogP contribution in [0.25, 0.3) is 0 Å². The fraction of sp³-hybridized carbons (Fsp3) is 0.600. The maximum Gasteiger partial charge on any atom is 0.328 e. The van der Waals surface area contributed by atoms with Gasteiger partial charge in [0.25, 0.3) is 5.56 Å². The molecule has 0 aliphatic carbocycles. The molecule has 0 amide bonds. The second kappa shape index (κ2) is 5.60. The monoisotopic (exact) mass is 230 g/mol. The van der Waals surface area contributed by atoms with Crippen molar-refractivity contribution in [2.24, 2.45) is 0 Å². The number of hydrogen-bond donors (Lipinski definition) is 1. The van der Waals surface area contributed by atoms with Crippen molar-refractivity contribution in [3.05, 3.63) is 32.9 Å². The van der Waals surface area contributed by atoms with Crippen molar-refractivity contribution >= 4 is 0 Å². The Morgan fingerprint density at radius 1 is 1.56 bits per heavy atom. The summed E-state index contributed by atoms with van der Waals surface area (Å²) >= 11 is 0. The number of methoxy groups -OCH3 is 1. The number of aryl methyl sites for hydroxylation is 1. The quantitative estimate of drug-likeness (QED) is 0.800. The van der Waals surface area contributed by atoms with E-state index in [1.807, 2.05) is 11.9 Å². The summed E-state index contributed by atoms with van der Waals surface area (Å²) in [6.07, 6.45) is 2.36. The molecular weight excluding hydrogens is 215 g/mol. The Hall–Kier alpha value is -1.43. The lowest BCUT2D eigenvalue weighted by molar-refractivity contribution is 0.0878. The van der Waals surface area contributed by atoms with Crippen molar-refractivity contribution in [3.63, 3.8) is 0 Å². The van der Waals surface area contributed by atoms with Crippen LogP contribution in [0, 0.1) is 5.82 Å². The van der Waals surface area contributed by atoms with Gasteiger partial charge in [0.15, 0.2) is 0 Å². The maximum atomic E-state index is 12.9. The third kappa shape index (κ3) is 3.03. The number of aromatic amines is 1. The Morgan fingerprint density at radius 3 is 2.81 bits per heavy atom. The molecular formula is C10H15FN2O3. The van der Waals surface area contributed by atoms with E-state index in [1.165, 1.54) is 0 Å². The SMILES string of the molecule is CCC(CCn1cc(F)c(=O)[nH]c1=O)OC. The number of halogens is 1. The van der Waals surface area contributed by atoms with Crippen molar-refractivity contribution in [3.8, 4) is 0 Å². The van der Waals surface area contributed by atoms with Crippen LogP contribution in [0.3, 0.4) is 0 Å². The van der Waals surface area contributed by atoms with Gasteiger partial charge in [-0.05, 0) is 12.8 Å². The molecule has 1 unspecified atom stereocenters. The highest BCUT2D eigenvalue weighted by atomic mass is 19.1. The first-order valence-corrected chi connectivity index (χ1v) is 5.10. The normalized spacial score (nSPS) is 12.7. The Kier molecular flexibility index (Phi) is 4.42. The molecule has 1 aromatic rings. The molecule has 1 heterocycles. The number of rotatable bonds is 5. The van der Waals surface area contributed by atoms with Crippen LogP contribution in [0.2, 0.25) is 0 Å². The minimum atomic E-state index is -0.986. The molecule has 16 heavy (non-hydrogen) atoms. The van der Waals surface area contributed by atoms with Gasteiger partial charge in [-0.25, -0.2) is 4.79 Å². The molecule has 0 fully saturated rings. The van der Waals surface area contributed by atoms with Crippen molar-refractivity contribution in [1.29, 1.82) is 0 Å². The number of H-pyrrole nitrogens is 1. The lowest BCUT2D eigenvalue weighted by Crippen LogP contribution is -2.32. The first-order valence-electron chi connectivity index (χ1n) is 5.10. The number of nitrogens with one attached hydrogen (secondary N) is 1. The molecule has 1 rings (SSSR count). The van der Waals surface area contributed by atoms with Gasteiger partial charge in [-0.3, -0.25) is 14.3 Å². The molecule has 0 aliphatic heterocycles. The van der Waals surface area contributed by atoms with Crippen LogP contribution in [0.15, 0.2) is 15.8 Å². The second-order valence-corrected chi connectivity index (χ2v) is 3.48. The van der Waals surface area contributed by atoms with E-state index in [9.17, 15) is 14.0 Å². The Balaban J connectivity index is 2.78. The predicted molar refractivity (Wildman–Crippen MR) is 57.0 cm³/mol. The van der Waals surface area contributed by atoms with Gasteiger partial charge in [-0.2, -0.15) is 4.39 Å². The maximum absolute atomic E-state index is 12.9. The van der Waals surface area contributed by atoms with Crippen LogP contribution < -0.4 is 11.2 Å². The molecule has 6 heteroatoms. The van der Waals surface area contributed by atoms with E-state index in [1.54, 1.807) is 7.11 Å². The van der Waals surface area contributed by atoms with Gasteiger partial charge in [0.2, 0.25) is 5.82 Å². The standard InChI is InChI=1S/C10H15FN2O3/c1-3-7(16-2)4-5-13-6-8(11)9(14)12-10(13)15/h6-7H,3-5H2,1-2H3,(H,12,14,15). The Bertz CT molecular complexity index is 448. The summed E-state index contributed by atoms with van der Waals surface area (Å²) in [4.78, 5) is 24.0. The minimum absolute atomic E-state index is 0.0295. The summed E-state index contributed by atoms with van der Waals surface area (Å²) in [5.41, 5.74) is -1.59. The van der Waals surface area contributed by atoms with E-state index in [0.717, 1.165) is 17.2 Å². The van der Waals surface area contributed by atoms with Gasteiger partial charge in [0.05, 0.1) is 12.3 Å². The van der Waals surface area contributed by atoms with E-state index in [-0.39, 0.29) is 6.10 Å².